The van der Waals surface area contributed by atoms with Gasteiger partial charge in [-0.15, -0.1) is 0 Å². The highest BCUT2D eigenvalue weighted by Crippen LogP contribution is 2.40. The Balaban J connectivity index is 1.68. The minimum atomic E-state index is 0.00485. The second kappa shape index (κ2) is 6.13. The van der Waals surface area contributed by atoms with E-state index in [2.05, 4.69) is 32.0 Å². The van der Waals surface area contributed by atoms with Crippen molar-refractivity contribution in [2.75, 3.05) is 18.1 Å². The lowest BCUT2D eigenvalue weighted by molar-refractivity contribution is -0.133. The van der Waals surface area contributed by atoms with E-state index in [9.17, 15) is 4.79 Å². The van der Waals surface area contributed by atoms with Gasteiger partial charge in [0.05, 0.1) is 5.60 Å². The number of carbonyl (C=O) groups excluding carboxylic acids is 1. The minimum absolute atomic E-state index is 0.00485. The third-order valence-electron chi connectivity index (χ3n) is 4.88. The first kappa shape index (κ1) is 15.1. The van der Waals surface area contributed by atoms with Gasteiger partial charge in [-0.25, -0.2) is 0 Å². The van der Waals surface area contributed by atoms with Gasteiger partial charge in [0.1, 0.15) is 5.78 Å². The average Bonchev–Trinajstić information content (AvgIpc) is 2.91. The molecule has 1 spiro atoms. The van der Waals surface area contributed by atoms with Crippen LogP contribution in [-0.2, 0) is 16.0 Å². The van der Waals surface area contributed by atoms with Crippen molar-refractivity contribution >= 4 is 17.5 Å². The highest BCUT2D eigenvalue weighted by molar-refractivity contribution is 7.99. The van der Waals surface area contributed by atoms with Crippen LogP contribution in [0.25, 0.3) is 0 Å². The van der Waals surface area contributed by atoms with E-state index in [4.69, 9.17) is 4.74 Å². The summed E-state index contributed by atoms with van der Waals surface area (Å²) in [5.41, 5.74) is 3.66. The predicted octanol–water partition coefficient (Wildman–Crippen LogP) is 3.72. The third-order valence-corrected chi connectivity index (χ3v) is 6.11. The van der Waals surface area contributed by atoms with E-state index in [1.54, 1.807) is 0 Å². The van der Waals surface area contributed by atoms with Crippen molar-refractivity contribution in [1.29, 1.82) is 0 Å². The second-order valence-electron chi connectivity index (χ2n) is 6.60. The average molecular weight is 304 g/mol. The van der Waals surface area contributed by atoms with E-state index < -0.39 is 0 Å². The molecular formula is C18H24O2S. The summed E-state index contributed by atoms with van der Waals surface area (Å²) in [5, 5.41) is 0. The molecule has 2 unspecified atom stereocenters. The van der Waals surface area contributed by atoms with Crippen LogP contribution in [0.3, 0.4) is 0 Å². The number of ether oxygens (including phenoxy) is 1. The zero-order valence-corrected chi connectivity index (χ0v) is 13.8. The SMILES string of the molecule is Cc1ccc(C)c(CC(=O)C2CCOC3(CCSC3)C2)c1. The maximum absolute atomic E-state index is 12.7. The lowest BCUT2D eigenvalue weighted by Gasteiger charge is -2.37. The molecule has 2 saturated heterocycles. The molecule has 2 aliphatic heterocycles. The molecule has 0 N–H and O–H groups in total. The summed E-state index contributed by atoms with van der Waals surface area (Å²) in [6, 6.07) is 6.40. The summed E-state index contributed by atoms with van der Waals surface area (Å²) in [4.78, 5) is 12.7. The molecule has 1 aromatic rings. The largest absolute Gasteiger partial charge is 0.374 e. The number of benzene rings is 1. The summed E-state index contributed by atoms with van der Waals surface area (Å²) >= 11 is 1.97. The Kier molecular flexibility index (Phi) is 4.41. The van der Waals surface area contributed by atoms with Crippen molar-refractivity contribution in [3.05, 3.63) is 34.9 Å². The Morgan fingerprint density at radius 1 is 1.43 bits per heavy atom. The quantitative estimate of drug-likeness (QED) is 0.851. The molecule has 2 atom stereocenters. The molecule has 2 nitrogen and oxygen atoms in total. The number of Topliss-reactive ketones (excluding diaryl/α,β-unsaturated/α-hetero) is 1. The summed E-state index contributed by atoms with van der Waals surface area (Å²) in [5.74, 6) is 2.85. The van der Waals surface area contributed by atoms with Gasteiger partial charge in [0.2, 0.25) is 0 Å². The van der Waals surface area contributed by atoms with E-state index >= 15 is 0 Å². The van der Waals surface area contributed by atoms with Gasteiger partial charge >= 0.3 is 0 Å². The molecule has 0 bridgehead atoms. The van der Waals surface area contributed by atoms with Crippen LogP contribution >= 0.6 is 11.8 Å². The lowest BCUT2D eigenvalue weighted by atomic mass is 9.81. The van der Waals surface area contributed by atoms with Crippen LogP contribution in [0.4, 0.5) is 0 Å². The van der Waals surface area contributed by atoms with Crippen LogP contribution in [0.1, 0.15) is 36.0 Å². The normalized spacial score (nSPS) is 29.0. The summed E-state index contributed by atoms with van der Waals surface area (Å²) in [6.45, 7) is 4.94. The van der Waals surface area contributed by atoms with Crippen molar-refractivity contribution in [3.8, 4) is 0 Å². The Morgan fingerprint density at radius 2 is 2.29 bits per heavy atom. The Morgan fingerprint density at radius 3 is 3.05 bits per heavy atom. The Hall–Kier alpha value is -0.800. The molecule has 21 heavy (non-hydrogen) atoms. The Bertz CT molecular complexity index is 532. The predicted molar refractivity (Wildman–Crippen MR) is 88.0 cm³/mol. The summed E-state index contributed by atoms with van der Waals surface area (Å²) in [7, 11) is 0. The van der Waals surface area contributed by atoms with E-state index in [1.807, 2.05) is 11.8 Å². The van der Waals surface area contributed by atoms with Crippen LogP contribution in [0.5, 0.6) is 0 Å². The Labute approximate surface area is 131 Å². The van der Waals surface area contributed by atoms with E-state index in [1.165, 1.54) is 22.4 Å². The van der Waals surface area contributed by atoms with Gasteiger partial charge in [0.25, 0.3) is 0 Å². The molecule has 0 aromatic heterocycles. The van der Waals surface area contributed by atoms with Crippen molar-refractivity contribution in [1.82, 2.24) is 0 Å². The van der Waals surface area contributed by atoms with Crippen molar-refractivity contribution in [2.45, 2.75) is 45.1 Å². The van der Waals surface area contributed by atoms with Crippen molar-refractivity contribution in [2.24, 2.45) is 5.92 Å². The van der Waals surface area contributed by atoms with Crippen LogP contribution in [0.15, 0.2) is 18.2 Å². The monoisotopic (exact) mass is 304 g/mol. The van der Waals surface area contributed by atoms with Gasteiger partial charge in [-0.1, -0.05) is 23.8 Å². The molecule has 0 amide bonds. The van der Waals surface area contributed by atoms with Gasteiger partial charge in [-0.05, 0) is 50.0 Å². The molecular weight excluding hydrogens is 280 g/mol. The van der Waals surface area contributed by atoms with Gasteiger partial charge in [-0.2, -0.15) is 11.8 Å². The number of aryl methyl sites for hydroxylation is 2. The van der Waals surface area contributed by atoms with E-state index in [0.29, 0.717) is 12.2 Å². The van der Waals surface area contributed by atoms with Crippen LogP contribution in [-0.4, -0.2) is 29.5 Å². The van der Waals surface area contributed by atoms with Gasteiger partial charge in [0.15, 0.2) is 0 Å². The molecule has 3 heteroatoms. The first-order chi connectivity index (χ1) is 10.1. The standard InChI is InChI=1S/C18H24O2S/c1-13-3-4-14(2)16(9-13)10-17(19)15-5-7-20-18(11-15)6-8-21-12-18/h3-4,9,15H,5-8,10-12H2,1-2H3. The van der Waals surface area contributed by atoms with Gasteiger partial charge < -0.3 is 4.74 Å². The zero-order valence-electron chi connectivity index (χ0n) is 13.0. The van der Waals surface area contributed by atoms with Crippen molar-refractivity contribution in [3.63, 3.8) is 0 Å². The zero-order chi connectivity index (χ0) is 14.9. The first-order valence-corrected chi connectivity index (χ1v) is 9.04. The fourth-order valence-corrected chi connectivity index (χ4v) is 4.87. The number of thioether (sulfide) groups is 1. The third kappa shape index (κ3) is 3.35. The summed E-state index contributed by atoms with van der Waals surface area (Å²) < 4.78 is 6.03. The smallest absolute Gasteiger partial charge is 0.140 e. The maximum Gasteiger partial charge on any atom is 0.140 e. The molecule has 0 radical (unpaired) electrons. The molecule has 0 saturated carbocycles. The van der Waals surface area contributed by atoms with Crippen molar-refractivity contribution < 1.29 is 9.53 Å². The highest BCUT2D eigenvalue weighted by atomic mass is 32.2. The molecule has 1 aromatic carbocycles. The molecule has 2 aliphatic rings. The molecule has 2 heterocycles. The number of carbonyl (C=O) groups is 1. The summed E-state index contributed by atoms with van der Waals surface area (Å²) in [6.07, 6.45) is 3.53. The van der Waals surface area contributed by atoms with Crippen LogP contribution < -0.4 is 0 Å². The maximum atomic E-state index is 12.7. The fraction of sp³-hybridized carbons (Fsp3) is 0.611. The topological polar surface area (TPSA) is 26.3 Å². The molecule has 2 fully saturated rings. The molecule has 114 valence electrons. The van der Waals surface area contributed by atoms with Gasteiger partial charge in [0, 0.05) is 24.7 Å². The number of ketones is 1. The second-order valence-corrected chi connectivity index (χ2v) is 7.70. The van der Waals surface area contributed by atoms with E-state index in [0.717, 1.165) is 31.6 Å². The van der Waals surface area contributed by atoms with Crippen LogP contribution in [0, 0.1) is 19.8 Å². The molecule has 0 aliphatic carbocycles. The minimum Gasteiger partial charge on any atom is -0.374 e. The number of hydrogen-bond donors (Lipinski definition) is 0. The highest BCUT2D eigenvalue weighted by Gasteiger charge is 2.42. The molecule has 3 rings (SSSR count). The van der Waals surface area contributed by atoms with E-state index in [-0.39, 0.29) is 11.5 Å². The first-order valence-electron chi connectivity index (χ1n) is 7.89. The number of hydrogen-bond acceptors (Lipinski definition) is 3. The van der Waals surface area contributed by atoms with Crippen LogP contribution in [0.2, 0.25) is 0 Å². The fourth-order valence-electron chi connectivity index (χ4n) is 3.49. The number of rotatable bonds is 3. The lowest BCUT2D eigenvalue weighted by Crippen LogP contribution is -2.42. The van der Waals surface area contributed by atoms with Gasteiger partial charge in [-0.3, -0.25) is 4.79 Å².